The number of fused-ring (bicyclic) bond motifs is 1. The van der Waals surface area contributed by atoms with Crippen molar-refractivity contribution in [1.29, 1.82) is 0 Å². The fourth-order valence-corrected chi connectivity index (χ4v) is 5.13. The lowest BCUT2D eigenvalue weighted by atomic mass is 10.1. The zero-order valence-corrected chi connectivity index (χ0v) is 18.6. The molecule has 0 bridgehead atoms. The molecule has 0 aromatic heterocycles. The highest BCUT2D eigenvalue weighted by atomic mass is 32.2. The van der Waals surface area contributed by atoms with Gasteiger partial charge in [0.15, 0.2) is 0 Å². The Balaban J connectivity index is 1.44. The summed E-state index contributed by atoms with van der Waals surface area (Å²) >= 11 is 0. The topological polar surface area (TPSA) is 86.8 Å². The van der Waals surface area contributed by atoms with Crippen molar-refractivity contribution in [2.75, 3.05) is 18.5 Å². The summed E-state index contributed by atoms with van der Waals surface area (Å²) in [4.78, 5) is 26.8. The molecule has 1 aliphatic heterocycles. The number of sulfonamides is 1. The second-order valence-corrected chi connectivity index (χ2v) is 10.4. The van der Waals surface area contributed by atoms with Crippen molar-refractivity contribution < 1.29 is 18.0 Å². The predicted octanol–water partition coefficient (Wildman–Crippen LogP) is 2.31. The number of nitrogens with zero attached hydrogens (tertiary/aromatic N) is 2. The summed E-state index contributed by atoms with van der Waals surface area (Å²) in [5.74, 6) is -0.127. The number of anilines is 1. The van der Waals surface area contributed by atoms with Gasteiger partial charge in [-0.05, 0) is 55.5 Å². The highest BCUT2D eigenvalue weighted by molar-refractivity contribution is 7.89. The third-order valence-electron chi connectivity index (χ3n) is 5.84. The third kappa shape index (κ3) is 4.50. The number of amides is 2. The molecule has 1 atom stereocenters. The van der Waals surface area contributed by atoms with Gasteiger partial charge >= 0.3 is 0 Å². The van der Waals surface area contributed by atoms with Crippen LogP contribution in [0.3, 0.4) is 0 Å². The minimum Gasteiger partial charge on any atom is -0.351 e. The van der Waals surface area contributed by atoms with Crippen LogP contribution in [0.4, 0.5) is 5.69 Å². The van der Waals surface area contributed by atoms with Gasteiger partial charge in [0.1, 0.15) is 0 Å². The molecule has 2 aliphatic rings. The molecule has 2 aromatic carbocycles. The highest BCUT2D eigenvalue weighted by Gasteiger charge is 2.40. The van der Waals surface area contributed by atoms with Gasteiger partial charge in [0.25, 0.3) is 0 Å². The molecule has 0 spiro atoms. The van der Waals surface area contributed by atoms with E-state index in [9.17, 15) is 18.0 Å². The van der Waals surface area contributed by atoms with Crippen molar-refractivity contribution >= 4 is 27.5 Å². The van der Waals surface area contributed by atoms with E-state index < -0.39 is 10.0 Å². The number of hydrogen-bond donors (Lipinski definition) is 1. The van der Waals surface area contributed by atoms with Crippen LogP contribution in [0.5, 0.6) is 0 Å². The first-order valence-electron chi connectivity index (χ1n) is 10.5. The van der Waals surface area contributed by atoms with Crippen LogP contribution in [0, 0.1) is 5.92 Å². The van der Waals surface area contributed by atoms with Crippen molar-refractivity contribution in [3.8, 4) is 0 Å². The highest BCUT2D eigenvalue weighted by Crippen LogP contribution is 2.39. The quantitative estimate of drug-likeness (QED) is 0.714. The molecule has 31 heavy (non-hydrogen) atoms. The Bertz CT molecular complexity index is 1100. The molecule has 0 saturated heterocycles. The molecular formula is C23H27N3O4S. The average Bonchev–Trinajstić information content (AvgIpc) is 3.54. The molecule has 0 radical (unpaired) electrons. The molecule has 1 N–H and O–H groups in total. The van der Waals surface area contributed by atoms with Crippen molar-refractivity contribution in [2.24, 2.45) is 5.92 Å². The zero-order chi connectivity index (χ0) is 22.2. The Kier molecular flexibility index (Phi) is 5.85. The number of carbonyl (C=O) groups excluding carboxylic acids is 2. The SMILES string of the molecule is C[C@H]1Cc2cc(S(=O)(=O)N(C)CC(=O)NCc3ccccc3)ccc2N1C(=O)C1CC1. The van der Waals surface area contributed by atoms with Gasteiger partial charge in [-0.25, -0.2) is 8.42 Å². The molecular weight excluding hydrogens is 414 g/mol. The number of nitrogens with one attached hydrogen (secondary N) is 1. The molecule has 1 heterocycles. The number of likely N-dealkylation sites (N-methyl/N-ethyl adjacent to an activating group) is 1. The molecule has 0 unspecified atom stereocenters. The van der Waals surface area contributed by atoms with Crippen LogP contribution >= 0.6 is 0 Å². The van der Waals surface area contributed by atoms with E-state index in [1.807, 2.05) is 42.2 Å². The number of carbonyl (C=O) groups is 2. The number of rotatable bonds is 7. The van der Waals surface area contributed by atoms with E-state index in [-0.39, 0.29) is 35.2 Å². The molecule has 1 saturated carbocycles. The normalized spacial score (nSPS) is 18.2. The molecule has 2 amide bonds. The first-order valence-corrected chi connectivity index (χ1v) is 11.9. The maximum absolute atomic E-state index is 13.0. The van der Waals surface area contributed by atoms with E-state index in [1.165, 1.54) is 13.1 Å². The van der Waals surface area contributed by atoms with Gasteiger partial charge < -0.3 is 10.2 Å². The van der Waals surface area contributed by atoms with Gasteiger partial charge in [0.2, 0.25) is 21.8 Å². The maximum Gasteiger partial charge on any atom is 0.243 e. The summed E-state index contributed by atoms with van der Waals surface area (Å²) in [5.41, 5.74) is 2.59. The summed E-state index contributed by atoms with van der Waals surface area (Å²) < 4.78 is 27.1. The minimum atomic E-state index is -3.83. The van der Waals surface area contributed by atoms with Gasteiger partial charge in [-0.1, -0.05) is 30.3 Å². The fraction of sp³-hybridized carbons (Fsp3) is 0.391. The maximum atomic E-state index is 13.0. The van der Waals surface area contributed by atoms with Crippen LogP contribution in [0.15, 0.2) is 53.4 Å². The van der Waals surface area contributed by atoms with Crippen LogP contribution < -0.4 is 10.2 Å². The van der Waals surface area contributed by atoms with Gasteiger partial charge in [-0.2, -0.15) is 4.31 Å². The van der Waals surface area contributed by atoms with Gasteiger partial charge in [0, 0.05) is 31.2 Å². The molecule has 1 fully saturated rings. The molecule has 4 rings (SSSR count). The Morgan fingerprint density at radius 1 is 1.13 bits per heavy atom. The van der Waals surface area contributed by atoms with E-state index in [0.717, 1.165) is 34.0 Å². The van der Waals surface area contributed by atoms with E-state index >= 15 is 0 Å². The second-order valence-electron chi connectivity index (χ2n) is 8.35. The zero-order valence-electron chi connectivity index (χ0n) is 17.7. The number of benzene rings is 2. The Labute approximate surface area is 183 Å². The minimum absolute atomic E-state index is 0.0162. The van der Waals surface area contributed by atoms with Gasteiger partial charge in [-0.3, -0.25) is 9.59 Å². The number of hydrogen-bond acceptors (Lipinski definition) is 4. The van der Waals surface area contributed by atoms with Gasteiger partial charge in [0.05, 0.1) is 11.4 Å². The smallest absolute Gasteiger partial charge is 0.243 e. The summed E-state index contributed by atoms with van der Waals surface area (Å²) in [6.45, 7) is 2.06. The standard InChI is InChI=1S/C23H27N3O4S/c1-16-12-19-13-20(10-11-21(19)26(16)23(28)18-8-9-18)31(29,30)25(2)15-22(27)24-14-17-6-4-3-5-7-17/h3-7,10-11,13,16,18H,8-9,12,14-15H2,1-2H3,(H,24,27)/t16-/m0/s1. The second kappa shape index (κ2) is 8.43. The summed E-state index contributed by atoms with van der Waals surface area (Å²) in [6.07, 6.45) is 2.49. The Morgan fingerprint density at radius 2 is 1.84 bits per heavy atom. The van der Waals surface area contributed by atoms with Crippen molar-refractivity contribution in [2.45, 2.75) is 43.7 Å². The van der Waals surface area contributed by atoms with E-state index in [4.69, 9.17) is 0 Å². The Hall–Kier alpha value is -2.71. The van der Waals surface area contributed by atoms with E-state index in [2.05, 4.69) is 5.32 Å². The lowest BCUT2D eigenvalue weighted by Gasteiger charge is -2.23. The largest absolute Gasteiger partial charge is 0.351 e. The van der Waals surface area contributed by atoms with Crippen LogP contribution in [-0.2, 0) is 32.6 Å². The van der Waals surface area contributed by atoms with E-state index in [1.54, 1.807) is 12.1 Å². The third-order valence-corrected chi connectivity index (χ3v) is 7.64. The van der Waals surface area contributed by atoms with Gasteiger partial charge in [-0.15, -0.1) is 0 Å². The molecule has 1 aliphatic carbocycles. The molecule has 2 aromatic rings. The van der Waals surface area contributed by atoms with E-state index in [0.29, 0.717) is 13.0 Å². The first-order chi connectivity index (χ1) is 14.8. The van der Waals surface area contributed by atoms with Crippen LogP contribution in [-0.4, -0.2) is 44.2 Å². The summed E-state index contributed by atoms with van der Waals surface area (Å²) in [5, 5.41) is 2.75. The van der Waals surface area contributed by atoms with Crippen molar-refractivity contribution in [3.63, 3.8) is 0 Å². The average molecular weight is 442 g/mol. The van der Waals surface area contributed by atoms with Crippen molar-refractivity contribution in [3.05, 3.63) is 59.7 Å². The van der Waals surface area contributed by atoms with Crippen LogP contribution in [0.25, 0.3) is 0 Å². The van der Waals surface area contributed by atoms with Crippen LogP contribution in [0.2, 0.25) is 0 Å². The molecule has 164 valence electrons. The lowest BCUT2D eigenvalue weighted by Crippen LogP contribution is -2.38. The monoisotopic (exact) mass is 441 g/mol. The summed E-state index contributed by atoms with van der Waals surface area (Å²) in [7, 11) is -2.43. The predicted molar refractivity (Wildman–Crippen MR) is 118 cm³/mol. The molecule has 7 nitrogen and oxygen atoms in total. The fourth-order valence-electron chi connectivity index (χ4n) is 3.95. The van der Waals surface area contributed by atoms with Crippen LogP contribution in [0.1, 0.15) is 30.9 Å². The lowest BCUT2D eigenvalue weighted by molar-refractivity contribution is -0.121. The Morgan fingerprint density at radius 3 is 2.52 bits per heavy atom. The molecule has 8 heteroatoms. The van der Waals surface area contributed by atoms with Crippen molar-refractivity contribution in [1.82, 2.24) is 9.62 Å². The first kappa shape index (κ1) is 21.5. The summed E-state index contributed by atoms with van der Waals surface area (Å²) in [6, 6.07) is 14.3.